The number of unbranched alkanes of at least 4 members (excludes halogenated alkanes) is 1. The number of aliphatic hydroxyl groups is 2. The number of carboxylic acids is 1. The topological polar surface area (TPSA) is 186 Å². The molecular weight excluding hydrogens is 358 g/mol. The van der Waals surface area contributed by atoms with E-state index >= 15 is 0 Å². The van der Waals surface area contributed by atoms with E-state index < -0.39 is 36.1 Å². The van der Waals surface area contributed by atoms with Crippen molar-refractivity contribution in [3.8, 4) is 0 Å². The van der Waals surface area contributed by atoms with E-state index in [2.05, 4.69) is 10.3 Å². The van der Waals surface area contributed by atoms with Gasteiger partial charge >= 0.3 is 11.7 Å². The van der Waals surface area contributed by atoms with Gasteiger partial charge in [-0.25, -0.2) is 4.79 Å². The Morgan fingerprint density at radius 3 is 2.85 bits per heavy atom. The first-order valence-corrected chi connectivity index (χ1v) is 8.84. The molecule has 2 heterocycles. The van der Waals surface area contributed by atoms with Crippen LogP contribution in [-0.4, -0.2) is 62.2 Å². The molecule has 152 valence electrons. The minimum atomic E-state index is -1.01. The molecule has 1 fully saturated rings. The van der Waals surface area contributed by atoms with E-state index in [9.17, 15) is 14.7 Å². The third-order valence-corrected chi connectivity index (χ3v) is 4.51. The van der Waals surface area contributed by atoms with Crippen LogP contribution >= 0.6 is 0 Å². The number of hydrogen-bond acceptors (Lipinski definition) is 9. The van der Waals surface area contributed by atoms with Gasteiger partial charge in [0.15, 0.2) is 0 Å². The SMILES string of the molecule is Nc1nc(=O)n([C@H]2C[C@H](O)[C@@H](CO)O2)cc1CNCCCC[C@H](N)C(=O)O. The first kappa shape index (κ1) is 21.3. The van der Waals surface area contributed by atoms with Gasteiger partial charge in [-0.1, -0.05) is 6.42 Å². The molecular formula is C16H27N5O6. The lowest BCUT2D eigenvalue weighted by molar-refractivity contribution is -0.138. The zero-order chi connectivity index (χ0) is 20.0. The van der Waals surface area contributed by atoms with Gasteiger partial charge in [0, 0.05) is 24.7 Å². The Kier molecular flexibility index (Phi) is 7.68. The Balaban J connectivity index is 1.88. The summed E-state index contributed by atoms with van der Waals surface area (Å²) in [5.74, 6) is -0.902. The molecule has 1 aromatic rings. The van der Waals surface area contributed by atoms with Gasteiger partial charge < -0.3 is 36.8 Å². The van der Waals surface area contributed by atoms with Crippen molar-refractivity contribution in [2.75, 3.05) is 18.9 Å². The second-order valence-corrected chi connectivity index (χ2v) is 6.57. The second kappa shape index (κ2) is 9.76. The minimum absolute atomic E-state index is 0.105. The number of nitrogens with two attached hydrogens (primary N) is 2. The summed E-state index contributed by atoms with van der Waals surface area (Å²) in [5, 5.41) is 30.9. The zero-order valence-electron chi connectivity index (χ0n) is 15.0. The van der Waals surface area contributed by atoms with Crippen LogP contribution in [0.1, 0.15) is 37.5 Å². The van der Waals surface area contributed by atoms with Crippen molar-refractivity contribution in [2.45, 2.75) is 56.7 Å². The fraction of sp³-hybridized carbons (Fsp3) is 0.688. The van der Waals surface area contributed by atoms with E-state index in [0.29, 0.717) is 31.5 Å². The molecule has 0 bridgehead atoms. The van der Waals surface area contributed by atoms with Gasteiger partial charge in [0.25, 0.3) is 0 Å². The molecule has 1 saturated heterocycles. The maximum absolute atomic E-state index is 12.1. The Morgan fingerprint density at radius 2 is 2.22 bits per heavy atom. The molecule has 0 radical (unpaired) electrons. The lowest BCUT2D eigenvalue weighted by atomic mass is 10.1. The number of rotatable bonds is 10. The number of nitrogens with zero attached hydrogens (tertiary/aromatic N) is 2. The molecule has 1 aromatic heterocycles. The van der Waals surface area contributed by atoms with Crippen LogP contribution in [0.4, 0.5) is 5.82 Å². The van der Waals surface area contributed by atoms with Crippen LogP contribution in [0, 0.1) is 0 Å². The molecule has 0 aromatic carbocycles. The Hall–Kier alpha value is -2.05. The standard InChI is InChI=1S/C16H27N5O6/c17-10(15(24)25)3-1-2-4-19-6-9-7-21(16(26)20-14(9)18)13-5-11(23)12(8-22)27-13/h7,10-13,19,22-23H,1-6,8,17H2,(H,24,25)(H2,18,20,26)/t10-,11-,12+,13+/m0/s1. The summed E-state index contributed by atoms with van der Waals surface area (Å²) in [4.78, 5) is 26.5. The van der Waals surface area contributed by atoms with Gasteiger partial charge in [0.1, 0.15) is 24.2 Å². The molecule has 0 unspecified atom stereocenters. The smallest absolute Gasteiger partial charge is 0.351 e. The largest absolute Gasteiger partial charge is 0.480 e. The quantitative estimate of drug-likeness (QED) is 0.249. The molecule has 11 heteroatoms. The first-order valence-electron chi connectivity index (χ1n) is 8.84. The average Bonchev–Trinajstić information content (AvgIpc) is 2.99. The first-order chi connectivity index (χ1) is 12.8. The molecule has 2 rings (SSSR count). The lowest BCUT2D eigenvalue weighted by Gasteiger charge is -2.16. The van der Waals surface area contributed by atoms with Crippen molar-refractivity contribution in [1.29, 1.82) is 0 Å². The van der Waals surface area contributed by atoms with E-state index in [4.69, 9.17) is 26.4 Å². The van der Waals surface area contributed by atoms with Crippen LogP contribution in [0.3, 0.4) is 0 Å². The second-order valence-electron chi connectivity index (χ2n) is 6.57. The molecule has 4 atom stereocenters. The normalized spacial score (nSPS) is 23.4. The van der Waals surface area contributed by atoms with Gasteiger partial charge in [-0.3, -0.25) is 9.36 Å². The van der Waals surface area contributed by atoms with Crippen molar-refractivity contribution in [3.63, 3.8) is 0 Å². The van der Waals surface area contributed by atoms with E-state index in [1.165, 1.54) is 10.8 Å². The number of aliphatic hydroxyl groups excluding tert-OH is 2. The maximum Gasteiger partial charge on any atom is 0.351 e. The third-order valence-electron chi connectivity index (χ3n) is 4.51. The highest BCUT2D eigenvalue weighted by atomic mass is 16.5. The summed E-state index contributed by atoms with van der Waals surface area (Å²) in [6.07, 6.45) is 1.21. The highest BCUT2D eigenvalue weighted by Crippen LogP contribution is 2.27. The fourth-order valence-electron chi connectivity index (χ4n) is 2.88. The summed E-state index contributed by atoms with van der Waals surface area (Å²) in [6, 6.07) is -0.849. The number of nitrogen functional groups attached to an aromatic ring is 1. The van der Waals surface area contributed by atoms with E-state index in [1.807, 2.05) is 0 Å². The number of hydrogen-bond donors (Lipinski definition) is 6. The molecule has 0 aliphatic carbocycles. The number of aliphatic carboxylic acids is 1. The van der Waals surface area contributed by atoms with Crippen molar-refractivity contribution in [1.82, 2.24) is 14.9 Å². The van der Waals surface area contributed by atoms with Crippen LogP contribution in [-0.2, 0) is 16.1 Å². The minimum Gasteiger partial charge on any atom is -0.480 e. The Morgan fingerprint density at radius 1 is 1.48 bits per heavy atom. The number of aromatic nitrogens is 2. The van der Waals surface area contributed by atoms with E-state index in [0.717, 1.165) is 6.42 Å². The summed E-state index contributed by atoms with van der Waals surface area (Å²) < 4.78 is 6.75. The summed E-state index contributed by atoms with van der Waals surface area (Å²) in [6.45, 7) is 0.647. The van der Waals surface area contributed by atoms with Crippen LogP contribution in [0.15, 0.2) is 11.0 Å². The average molecular weight is 385 g/mol. The van der Waals surface area contributed by atoms with Crippen LogP contribution < -0.4 is 22.5 Å². The Labute approximate surface area is 156 Å². The van der Waals surface area contributed by atoms with E-state index in [-0.39, 0.29) is 18.8 Å². The van der Waals surface area contributed by atoms with Crippen LogP contribution in [0.5, 0.6) is 0 Å². The molecule has 0 amide bonds. The summed E-state index contributed by atoms with van der Waals surface area (Å²) >= 11 is 0. The molecule has 11 nitrogen and oxygen atoms in total. The number of carboxylic acid groups (broad SMARTS) is 1. The molecule has 27 heavy (non-hydrogen) atoms. The zero-order valence-corrected chi connectivity index (χ0v) is 15.0. The summed E-state index contributed by atoms with van der Waals surface area (Å²) in [7, 11) is 0. The molecule has 0 saturated carbocycles. The monoisotopic (exact) mass is 385 g/mol. The molecule has 1 aliphatic heterocycles. The Bertz CT molecular complexity index is 696. The van der Waals surface area contributed by atoms with Gasteiger partial charge in [-0.15, -0.1) is 0 Å². The highest BCUT2D eigenvalue weighted by molar-refractivity contribution is 5.72. The summed E-state index contributed by atoms with van der Waals surface area (Å²) in [5.41, 5.74) is 11.3. The predicted molar refractivity (Wildman–Crippen MR) is 95.7 cm³/mol. The van der Waals surface area contributed by atoms with E-state index in [1.54, 1.807) is 0 Å². The molecule has 8 N–H and O–H groups in total. The number of ether oxygens (including phenoxy) is 1. The number of nitrogens with one attached hydrogen (secondary N) is 1. The highest BCUT2D eigenvalue weighted by Gasteiger charge is 2.35. The number of carbonyl (C=O) groups is 1. The van der Waals surface area contributed by atoms with Gasteiger partial charge in [-0.05, 0) is 19.4 Å². The third kappa shape index (κ3) is 5.71. The van der Waals surface area contributed by atoms with Crippen molar-refractivity contribution < 1.29 is 24.9 Å². The molecule has 1 aliphatic rings. The predicted octanol–water partition coefficient (Wildman–Crippen LogP) is -1.86. The van der Waals surface area contributed by atoms with Crippen LogP contribution in [0.2, 0.25) is 0 Å². The van der Waals surface area contributed by atoms with Crippen molar-refractivity contribution >= 4 is 11.8 Å². The number of anilines is 1. The van der Waals surface area contributed by atoms with Crippen LogP contribution in [0.25, 0.3) is 0 Å². The lowest BCUT2D eigenvalue weighted by Crippen LogP contribution is -2.30. The van der Waals surface area contributed by atoms with Gasteiger partial charge in [0.05, 0.1) is 12.7 Å². The van der Waals surface area contributed by atoms with Crippen molar-refractivity contribution in [3.05, 3.63) is 22.2 Å². The van der Waals surface area contributed by atoms with Crippen molar-refractivity contribution in [2.24, 2.45) is 5.73 Å². The van der Waals surface area contributed by atoms with Gasteiger partial charge in [-0.2, -0.15) is 4.98 Å². The van der Waals surface area contributed by atoms with Gasteiger partial charge in [0.2, 0.25) is 0 Å². The fourth-order valence-corrected chi connectivity index (χ4v) is 2.88. The maximum atomic E-state index is 12.1. The molecule has 0 spiro atoms.